The third-order valence-electron chi connectivity index (χ3n) is 2.38. The van der Waals surface area contributed by atoms with Gasteiger partial charge < -0.3 is 21.0 Å². The van der Waals surface area contributed by atoms with Crippen molar-refractivity contribution in [2.24, 2.45) is 10.9 Å². The lowest BCUT2D eigenvalue weighted by Gasteiger charge is -2.11. The first-order valence-corrected chi connectivity index (χ1v) is 5.69. The number of nitrogens with zero attached hydrogens (tertiary/aromatic N) is 2. The molecule has 0 fully saturated rings. The molecule has 0 spiro atoms. The van der Waals surface area contributed by atoms with Crippen molar-refractivity contribution in [3.63, 3.8) is 0 Å². The van der Waals surface area contributed by atoms with Crippen molar-refractivity contribution in [3.05, 3.63) is 42.2 Å². The molecule has 0 aliphatic carbocycles. The topological polar surface area (TPSA) is 126 Å². The van der Waals surface area contributed by atoms with Crippen molar-refractivity contribution in [1.29, 1.82) is 0 Å². The summed E-state index contributed by atoms with van der Waals surface area (Å²) in [7, 11) is 0. The van der Waals surface area contributed by atoms with Crippen molar-refractivity contribution in [1.82, 2.24) is 10.2 Å². The van der Waals surface area contributed by atoms with E-state index in [1.165, 1.54) is 6.20 Å². The molecule has 2 aromatic rings. The fourth-order valence-corrected chi connectivity index (χ4v) is 1.45. The molecular formula is C12H13N5O3. The Morgan fingerprint density at radius 3 is 2.95 bits per heavy atom. The second-order valence-corrected chi connectivity index (χ2v) is 3.80. The number of amides is 1. The van der Waals surface area contributed by atoms with Gasteiger partial charge in [-0.2, -0.15) is 5.10 Å². The molecule has 0 aliphatic heterocycles. The van der Waals surface area contributed by atoms with Crippen LogP contribution < -0.4 is 15.8 Å². The third kappa shape index (κ3) is 3.25. The predicted molar refractivity (Wildman–Crippen MR) is 71.9 cm³/mol. The number of benzene rings is 1. The zero-order chi connectivity index (χ0) is 14.4. The minimum absolute atomic E-state index is 0.0697. The van der Waals surface area contributed by atoms with Crippen LogP contribution in [0.4, 0.5) is 5.69 Å². The average Bonchev–Trinajstić information content (AvgIpc) is 3.00. The second kappa shape index (κ2) is 6.23. The number of carbonyl (C=O) groups excluding carboxylic acids is 1. The highest BCUT2D eigenvalue weighted by Crippen LogP contribution is 2.24. The minimum atomic E-state index is -0.345. The van der Waals surface area contributed by atoms with Crippen LogP contribution in [0.15, 0.2) is 41.7 Å². The van der Waals surface area contributed by atoms with Crippen molar-refractivity contribution in [2.45, 2.75) is 0 Å². The Balaban J connectivity index is 2.09. The summed E-state index contributed by atoms with van der Waals surface area (Å²) in [5.74, 6) is -0.00555. The molecule has 0 saturated heterocycles. The highest BCUT2D eigenvalue weighted by molar-refractivity contribution is 6.03. The van der Waals surface area contributed by atoms with Gasteiger partial charge in [-0.15, -0.1) is 0 Å². The Morgan fingerprint density at radius 2 is 2.25 bits per heavy atom. The zero-order valence-electron chi connectivity index (χ0n) is 10.4. The van der Waals surface area contributed by atoms with Gasteiger partial charge in [-0.3, -0.25) is 9.89 Å². The highest BCUT2D eigenvalue weighted by atomic mass is 16.5. The average molecular weight is 275 g/mol. The minimum Gasteiger partial charge on any atom is -0.483 e. The Labute approximate surface area is 114 Å². The van der Waals surface area contributed by atoms with Gasteiger partial charge in [0.15, 0.2) is 5.84 Å². The summed E-state index contributed by atoms with van der Waals surface area (Å²) in [5, 5.41) is 20.2. The molecule has 1 aromatic carbocycles. The molecule has 0 unspecified atom stereocenters. The fraction of sp³-hybridized carbons (Fsp3) is 0.0833. The summed E-state index contributed by atoms with van der Waals surface area (Å²) in [4.78, 5) is 11.9. The van der Waals surface area contributed by atoms with E-state index >= 15 is 0 Å². The monoisotopic (exact) mass is 275 g/mol. The van der Waals surface area contributed by atoms with Crippen LogP contribution in [0.5, 0.6) is 5.75 Å². The number of aromatic amines is 1. The van der Waals surface area contributed by atoms with Gasteiger partial charge in [-0.05, 0) is 18.2 Å². The van der Waals surface area contributed by atoms with E-state index in [1.807, 2.05) is 0 Å². The lowest BCUT2D eigenvalue weighted by atomic mass is 10.3. The molecule has 0 aliphatic rings. The Kier molecular flexibility index (Phi) is 4.17. The SMILES string of the molecule is NC(COc1ccccc1NC(=O)c1ccn[nH]1)=NO. The molecule has 1 heterocycles. The number of H-pyrrole nitrogens is 1. The van der Waals surface area contributed by atoms with Crippen LogP contribution in [-0.4, -0.2) is 33.8 Å². The molecule has 0 radical (unpaired) electrons. The normalized spacial score (nSPS) is 11.1. The summed E-state index contributed by atoms with van der Waals surface area (Å²) in [6.07, 6.45) is 1.48. The number of para-hydroxylation sites is 2. The smallest absolute Gasteiger partial charge is 0.273 e. The Bertz CT molecular complexity index is 609. The first-order chi connectivity index (χ1) is 9.70. The molecule has 8 nitrogen and oxygen atoms in total. The third-order valence-corrected chi connectivity index (χ3v) is 2.38. The zero-order valence-corrected chi connectivity index (χ0v) is 10.4. The maximum atomic E-state index is 11.9. The maximum Gasteiger partial charge on any atom is 0.273 e. The van der Waals surface area contributed by atoms with Crippen molar-refractivity contribution in [3.8, 4) is 5.75 Å². The van der Waals surface area contributed by atoms with Crippen molar-refractivity contribution in [2.75, 3.05) is 11.9 Å². The van der Waals surface area contributed by atoms with Gasteiger partial charge in [-0.25, -0.2) is 0 Å². The Morgan fingerprint density at radius 1 is 1.45 bits per heavy atom. The van der Waals surface area contributed by atoms with Gasteiger partial charge >= 0.3 is 0 Å². The lowest BCUT2D eigenvalue weighted by molar-refractivity contribution is 0.102. The molecule has 0 atom stereocenters. The summed E-state index contributed by atoms with van der Waals surface area (Å²) < 4.78 is 5.35. The number of oxime groups is 1. The van der Waals surface area contributed by atoms with Crippen LogP contribution in [-0.2, 0) is 0 Å². The van der Waals surface area contributed by atoms with Gasteiger partial charge in [0, 0.05) is 6.20 Å². The van der Waals surface area contributed by atoms with E-state index in [0.717, 1.165) is 0 Å². The number of ether oxygens (including phenoxy) is 1. The van der Waals surface area contributed by atoms with Gasteiger partial charge in [-0.1, -0.05) is 17.3 Å². The molecule has 8 heteroatoms. The van der Waals surface area contributed by atoms with Crippen LogP contribution in [0.25, 0.3) is 0 Å². The number of nitrogens with two attached hydrogens (primary N) is 1. The van der Waals surface area contributed by atoms with Gasteiger partial charge in [0.1, 0.15) is 18.1 Å². The summed E-state index contributed by atoms with van der Waals surface area (Å²) >= 11 is 0. The largest absolute Gasteiger partial charge is 0.483 e. The highest BCUT2D eigenvalue weighted by Gasteiger charge is 2.10. The van der Waals surface area contributed by atoms with E-state index in [2.05, 4.69) is 20.7 Å². The number of anilines is 1. The van der Waals surface area contributed by atoms with Crippen LogP contribution in [0.1, 0.15) is 10.5 Å². The number of rotatable bonds is 5. The van der Waals surface area contributed by atoms with Gasteiger partial charge in [0.2, 0.25) is 0 Å². The molecule has 0 bridgehead atoms. The molecule has 20 heavy (non-hydrogen) atoms. The molecule has 2 rings (SSSR count). The van der Waals surface area contributed by atoms with E-state index < -0.39 is 0 Å². The molecule has 104 valence electrons. The van der Waals surface area contributed by atoms with Gasteiger partial charge in [0.05, 0.1) is 5.69 Å². The predicted octanol–water partition coefficient (Wildman–Crippen LogP) is 0.787. The number of aromatic nitrogens is 2. The second-order valence-electron chi connectivity index (χ2n) is 3.80. The number of nitrogens with one attached hydrogen (secondary N) is 2. The number of amidine groups is 1. The molecule has 0 saturated carbocycles. The van der Waals surface area contributed by atoms with Crippen LogP contribution >= 0.6 is 0 Å². The molecular weight excluding hydrogens is 262 g/mol. The van der Waals surface area contributed by atoms with E-state index in [4.69, 9.17) is 15.7 Å². The van der Waals surface area contributed by atoms with Crippen molar-refractivity contribution < 1.29 is 14.7 Å². The van der Waals surface area contributed by atoms with Crippen molar-refractivity contribution >= 4 is 17.4 Å². The first kappa shape index (κ1) is 13.4. The molecule has 5 N–H and O–H groups in total. The van der Waals surface area contributed by atoms with Crippen LogP contribution in [0.3, 0.4) is 0 Å². The maximum absolute atomic E-state index is 11.9. The number of hydrogen-bond donors (Lipinski definition) is 4. The van der Waals surface area contributed by atoms with E-state index in [0.29, 0.717) is 17.1 Å². The molecule has 1 aromatic heterocycles. The lowest BCUT2D eigenvalue weighted by Crippen LogP contribution is -2.21. The summed E-state index contributed by atoms with van der Waals surface area (Å²) in [6.45, 7) is -0.0898. The van der Waals surface area contributed by atoms with Crippen LogP contribution in [0, 0.1) is 0 Å². The molecule has 1 amide bonds. The standard InChI is InChI=1S/C12H13N5O3/c13-11(17-19)7-20-10-4-2-1-3-8(10)15-12(18)9-5-6-14-16-9/h1-6,19H,7H2,(H2,13,17)(H,14,16)(H,15,18). The van der Waals surface area contributed by atoms with Gasteiger partial charge in [0.25, 0.3) is 5.91 Å². The van der Waals surface area contributed by atoms with E-state index in [1.54, 1.807) is 30.3 Å². The first-order valence-electron chi connectivity index (χ1n) is 5.69. The van der Waals surface area contributed by atoms with E-state index in [9.17, 15) is 4.79 Å². The van der Waals surface area contributed by atoms with Crippen LogP contribution in [0.2, 0.25) is 0 Å². The van der Waals surface area contributed by atoms with E-state index in [-0.39, 0.29) is 18.3 Å². The number of carbonyl (C=O) groups is 1. The quantitative estimate of drug-likeness (QED) is 0.278. The Hall–Kier alpha value is -3.03. The number of hydrogen-bond acceptors (Lipinski definition) is 5. The summed E-state index contributed by atoms with van der Waals surface area (Å²) in [6, 6.07) is 8.38. The fourth-order valence-electron chi connectivity index (χ4n) is 1.45. The summed E-state index contributed by atoms with van der Waals surface area (Å²) in [5.41, 5.74) is 6.12.